The monoisotopic (exact) mass is 570 g/mol. The van der Waals surface area contributed by atoms with Crippen LogP contribution in [-0.2, 0) is 57.3 Å². The molecule has 0 saturated carbocycles. The summed E-state index contributed by atoms with van der Waals surface area (Å²) in [4.78, 5) is 17.1. The van der Waals surface area contributed by atoms with E-state index in [2.05, 4.69) is 20.7 Å². The number of hydrogen-bond acceptors (Lipinski definition) is 7. The van der Waals surface area contributed by atoms with Crippen LogP contribution in [-0.4, -0.2) is 40.2 Å². The van der Waals surface area contributed by atoms with Gasteiger partial charge in [0.2, 0.25) is 0 Å². The predicted molar refractivity (Wildman–Crippen MR) is 151 cm³/mol. The highest BCUT2D eigenvalue weighted by Crippen LogP contribution is 2.38. The molecule has 2 amide bonds. The molecule has 2 aromatic carbocycles. The Hall–Kier alpha value is -2.67. The van der Waals surface area contributed by atoms with E-state index in [4.69, 9.17) is 14.6 Å². The predicted octanol–water partition coefficient (Wildman–Crippen LogP) is 4.49. The minimum atomic E-state index is -3.56. The average molecular weight is 571 g/mol. The number of benzene rings is 2. The van der Waals surface area contributed by atoms with Crippen molar-refractivity contribution >= 4 is 33.0 Å². The Balaban J connectivity index is 1.19. The van der Waals surface area contributed by atoms with Crippen LogP contribution in [0.4, 0.5) is 10.5 Å². The Bertz CT molecular complexity index is 1430. The topological polar surface area (TPSA) is 136 Å². The zero-order chi connectivity index (χ0) is 27.5. The third kappa shape index (κ3) is 6.56. The van der Waals surface area contributed by atoms with Crippen molar-refractivity contribution in [3.05, 3.63) is 75.4 Å². The van der Waals surface area contributed by atoms with Crippen LogP contribution in [0.5, 0.6) is 0 Å². The van der Waals surface area contributed by atoms with Crippen molar-refractivity contribution in [3.63, 3.8) is 0 Å². The lowest BCUT2D eigenvalue weighted by Crippen LogP contribution is -2.28. The van der Waals surface area contributed by atoms with E-state index in [0.717, 1.165) is 72.2 Å². The van der Waals surface area contributed by atoms with Gasteiger partial charge in [0.1, 0.15) is 14.8 Å². The van der Waals surface area contributed by atoms with Crippen molar-refractivity contribution < 1.29 is 23.6 Å². The number of nitrogens with one attached hydrogen (secondary N) is 1. The van der Waals surface area contributed by atoms with Gasteiger partial charge in [-0.2, -0.15) is 0 Å². The molecule has 9 nitrogen and oxygen atoms in total. The third-order valence-corrected chi connectivity index (χ3v) is 10.2. The fourth-order valence-electron chi connectivity index (χ4n) is 5.12. The highest BCUT2D eigenvalue weighted by Gasteiger charge is 2.29. The second-order valence-corrected chi connectivity index (χ2v) is 13.2. The van der Waals surface area contributed by atoms with Crippen LogP contribution in [0.2, 0.25) is 0 Å². The molecular formula is C28H34N4O5S2. The van der Waals surface area contributed by atoms with E-state index in [1.165, 1.54) is 17.3 Å². The van der Waals surface area contributed by atoms with Crippen molar-refractivity contribution in [1.29, 1.82) is 0 Å². The summed E-state index contributed by atoms with van der Waals surface area (Å²) < 4.78 is 28.4. The van der Waals surface area contributed by atoms with E-state index in [9.17, 15) is 14.1 Å². The van der Waals surface area contributed by atoms with E-state index in [1.54, 1.807) is 6.92 Å². The molecule has 208 valence electrons. The molecule has 0 aliphatic heterocycles. The van der Waals surface area contributed by atoms with Gasteiger partial charge in [0.05, 0.1) is 32.6 Å². The van der Waals surface area contributed by atoms with Crippen LogP contribution >= 0.6 is 11.3 Å². The first-order valence-electron chi connectivity index (χ1n) is 13.1. The zero-order valence-electron chi connectivity index (χ0n) is 22.0. The lowest BCUT2D eigenvalue weighted by atomic mass is 9.99. The van der Waals surface area contributed by atoms with Crippen molar-refractivity contribution in [3.8, 4) is 0 Å². The molecule has 0 saturated heterocycles. The quantitative estimate of drug-likeness (QED) is 0.307. The molecule has 4 N–H and O–H groups in total. The highest BCUT2D eigenvalue weighted by atomic mass is 32.2. The van der Waals surface area contributed by atoms with Crippen molar-refractivity contribution in [1.82, 2.24) is 4.98 Å². The van der Waals surface area contributed by atoms with Gasteiger partial charge in [0, 0.05) is 5.69 Å². The van der Waals surface area contributed by atoms with Gasteiger partial charge < -0.3 is 19.9 Å². The maximum Gasteiger partial charge on any atom is 0.354 e. The third-order valence-electron chi connectivity index (χ3n) is 7.02. The van der Waals surface area contributed by atoms with Crippen molar-refractivity contribution in [2.24, 2.45) is 9.50 Å². The second kappa shape index (κ2) is 11.8. The minimum absolute atomic E-state index is 0.0394. The Labute approximate surface area is 233 Å². The fourth-order valence-corrected chi connectivity index (χ4v) is 7.22. The molecule has 0 fully saturated rings. The molecule has 0 radical (unpaired) electrons. The number of rotatable bonds is 10. The first-order chi connectivity index (χ1) is 18.7. The summed E-state index contributed by atoms with van der Waals surface area (Å²) in [6.07, 6.45) is 7.23. The number of fused-ring (bicyclic) bond motifs is 2. The van der Waals surface area contributed by atoms with Crippen LogP contribution in [0.15, 0.2) is 51.2 Å². The Morgan fingerprint density at radius 3 is 2.49 bits per heavy atom. The normalized spacial score (nSPS) is 17.2. The van der Waals surface area contributed by atoms with Crippen LogP contribution in [0, 0.1) is 0 Å². The molecule has 2 aliphatic carbocycles. The average Bonchev–Trinajstić information content (AvgIpc) is 3.67. The molecule has 2 aliphatic rings. The van der Waals surface area contributed by atoms with Crippen LogP contribution in [0.3, 0.4) is 0 Å². The van der Waals surface area contributed by atoms with Gasteiger partial charge >= 0.3 is 6.03 Å². The molecule has 0 bridgehead atoms. The number of anilines is 1. The van der Waals surface area contributed by atoms with Crippen LogP contribution in [0.1, 0.15) is 52.6 Å². The molecule has 1 heterocycles. The van der Waals surface area contributed by atoms with Crippen molar-refractivity contribution in [2.75, 3.05) is 25.1 Å². The van der Waals surface area contributed by atoms with E-state index >= 15 is 0 Å². The summed E-state index contributed by atoms with van der Waals surface area (Å²) in [7, 11) is -3.56. The van der Waals surface area contributed by atoms with Crippen LogP contribution in [0.25, 0.3) is 0 Å². The summed E-state index contributed by atoms with van der Waals surface area (Å²) >= 11 is 0.954. The number of nitrogens with two attached hydrogens (primary N) is 1. The molecular weight excluding hydrogens is 536 g/mol. The fraction of sp³-hybridized carbons (Fsp3) is 0.429. The van der Waals surface area contributed by atoms with E-state index in [1.807, 2.05) is 30.3 Å². The summed E-state index contributed by atoms with van der Waals surface area (Å²) in [6, 6.07) is 11.4. The molecule has 39 heavy (non-hydrogen) atoms. The number of nitrogens with zero attached hydrogens (tertiary/aromatic N) is 2. The van der Waals surface area contributed by atoms with E-state index in [0.29, 0.717) is 13.2 Å². The first-order valence-corrected chi connectivity index (χ1v) is 15.5. The van der Waals surface area contributed by atoms with E-state index < -0.39 is 21.5 Å². The molecule has 3 aromatic rings. The molecule has 2 atom stereocenters. The molecule has 1 aromatic heterocycles. The second-order valence-electron chi connectivity index (χ2n) is 10.2. The number of urea groups is 1. The maximum atomic E-state index is 13.2. The number of hydrogen-bond donors (Lipinski definition) is 3. The Morgan fingerprint density at radius 1 is 1.13 bits per heavy atom. The maximum absolute atomic E-state index is 13.2. The summed E-state index contributed by atoms with van der Waals surface area (Å²) in [6.45, 7) is 2.65. The van der Waals surface area contributed by atoms with Gasteiger partial charge in [-0.15, -0.1) is 15.7 Å². The Morgan fingerprint density at radius 2 is 1.79 bits per heavy atom. The van der Waals surface area contributed by atoms with Gasteiger partial charge in [-0.05, 0) is 73.3 Å². The van der Waals surface area contributed by atoms with Gasteiger partial charge in [-0.3, -0.25) is 0 Å². The van der Waals surface area contributed by atoms with Crippen molar-refractivity contribution in [2.45, 2.75) is 61.9 Å². The number of amides is 2. The molecule has 11 heteroatoms. The summed E-state index contributed by atoms with van der Waals surface area (Å²) in [5.41, 5.74) is 5.32. The summed E-state index contributed by atoms with van der Waals surface area (Å²) in [5.74, 6) is 0. The number of thiazole rings is 1. The van der Waals surface area contributed by atoms with Gasteiger partial charge in [0.25, 0.3) is 0 Å². The smallest absolute Gasteiger partial charge is 0.354 e. The number of aliphatic hydroxyl groups is 1. The number of ether oxygens (including phenoxy) is 2. The van der Waals surface area contributed by atoms with Gasteiger partial charge in [0.15, 0.2) is 9.92 Å². The lowest BCUT2D eigenvalue weighted by Gasteiger charge is -2.20. The molecule has 5 rings (SSSR count). The minimum Gasteiger partial charge on any atom is -0.381 e. The highest BCUT2D eigenvalue weighted by molar-refractivity contribution is 7.93. The summed E-state index contributed by atoms with van der Waals surface area (Å²) in [5, 5.41) is 20.1. The molecule has 0 spiro atoms. The first kappa shape index (κ1) is 27.9. The largest absolute Gasteiger partial charge is 0.381 e. The number of aromatic nitrogens is 1. The van der Waals surface area contributed by atoms with E-state index in [-0.39, 0.29) is 22.4 Å². The Kier molecular flexibility index (Phi) is 8.46. The lowest BCUT2D eigenvalue weighted by molar-refractivity contribution is -0.0528. The number of carbonyl (C=O) groups excluding carboxylic acids is 1. The van der Waals surface area contributed by atoms with Crippen LogP contribution < -0.4 is 10.5 Å². The molecule has 1 unspecified atom stereocenters. The number of aryl methyl sites for hydroxylation is 2. The number of carbonyl (C=O) groups is 1. The van der Waals surface area contributed by atoms with Gasteiger partial charge in [-0.25, -0.2) is 19.1 Å². The SMILES string of the molecule is C[C@@](O)(COCCOCc1ccccc1)c1ncc(S(N)(=O)=NC(=O)Nc2c3c(cc4c2CCC4)CCC3)s1. The van der Waals surface area contributed by atoms with Gasteiger partial charge in [-0.1, -0.05) is 36.4 Å². The zero-order valence-corrected chi connectivity index (χ0v) is 23.6. The standard InChI is InChI=1S/C28H34N4O5S2/c1-28(34,18-37-14-13-36-17-19-7-3-2-4-8-19)26-30-16-24(38-26)39(29,35)32-27(33)31-25-22-11-5-9-20(22)15-21-10-6-12-23(21)25/h2-4,7-8,15-16,34H,5-6,9-14,17-18H2,1H3,(H3,29,31,32,33,35)/t28-,39?/m1/s1.